The van der Waals surface area contributed by atoms with Crippen LogP contribution in [0, 0.1) is 29.5 Å². The van der Waals surface area contributed by atoms with E-state index in [1.54, 1.807) is 66.7 Å². The number of primary amides is 1. The fourth-order valence-corrected chi connectivity index (χ4v) is 8.17. The third-order valence-corrected chi connectivity index (χ3v) is 9.90. The Morgan fingerprint density at radius 3 is 2.25 bits per heavy atom. The molecule has 1 heterocycles. The fraction of sp³-hybridized carbons (Fsp3) is 0.229. The summed E-state index contributed by atoms with van der Waals surface area (Å²) < 4.78 is 15.0. The standard InChI is InChI=1S/C35H27FN2O6/c36-26-15-19(11-14-27(26)39)30-21-12-13-22-29(33(43)38(32(22)42)34(37)44)24(21)16-25-31(41)23(18-7-3-1-4-8-18)17-28(40)35(25,30)20-9-5-2-6-10-20/h1-12,14-15,17,22,24-25,29-30,39H,13,16H2,(H2,37,44). The molecule has 1 saturated carbocycles. The predicted molar refractivity (Wildman–Crippen MR) is 156 cm³/mol. The van der Waals surface area contributed by atoms with E-state index < -0.39 is 64.4 Å². The van der Waals surface area contributed by atoms with Gasteiger partial charge in [0.05, 0.1) is 17.3 Å². The molecular formula is C35H27FN2O6. The number of Topliss-reactive ketones (excluding diaryl/α,β-unsaturated/α-hetero) is 1. The van der Waals surface area contributed by atoms with Crippen LogP contribution < -0.4 is 5.73 Å². The number of nitrogens with two attached hydrogens (primary N) is 1. The van der Waals surface area contributed by atoms with E-state index in [9.17, 15) is 29.1 Å². The van der Waals surface area contributed by atoms with Crippen molar-refractivity contribution in [3.8, 4) is 5.75 Å². The van der Waals surface area contributed by atoms with Gasteiger partial charge in [-0.15, -0.1) is 0 Å². The Hall–Kier alpha value is -5.18. The van der Waals surface area contributed by atoms with Crippen LogP contribution >= 0.6 is 0 Å². The van der Waals surface area contributed by atoms with Crippen LogP contribution in [-0.4, -0.2) is 39.4 Å². The molecule has 3 aromatic rings. The smallest absolute Gasteiger partial charge is 0.328 e. The maximum Gasteiger partial charge on any atom is 0.328 e. The van der Waals surface area contributed by atoms with E-state index in [0.29, 0.717) is 27.2 Å². The number of urea groups is 1. The van der Waals surface area contributed by atoms with Gasteiger partial charge in [-0.05, 0) is 53.7 Å². The number of rotatable bonds is 3. The number of ketones is 2. The number of benzene rings is 3. The number of phenolic OH excluding ortho intramolecular Hbond substituents is 1. The molecule has 4 aliphatic rings. The zero-order chi connectivity index (χ0) is 30.9. The second-order valence-electron chi connectivity index (χ2n) is 11.8. The van der Waals surface area contributed by atoms with Gasteiger partial charge in [0.2, 0.25) is 11.8 Å². The highest BCUT2D eigenvalue weighted by Crippen LogP contribution is 2.63. The normalized spacial score (nSPS) is 29.4. The number of imide groups is 3. The summed E-state index contributed by atoms with van der Waals surface area (Å²) in [5, 5.41) is 10.1. The van der Waals surface area contributed by atoms with Crippen LogP contribution in [0.3, 0.4) is 0 Å². The molecule has 9 heteroatoms. The number of carbonyl (C=O) groups is 5. The molecule has 4 amide bonds. The number of likely N-dealkylation sites (tertiary alicyclic amines) is 1. The molecule has 6 unspecified atom stereocenters. The molecule has 44 heavy (non-hydrogen) atoms. The molecule has 1 aliphatic heterocycles. The van der Waals surface area contributed by atoms with Crippen LogP contribution in [-0.2, 0) is 24.6 Å². The van der Waals surface area contributed by atoms with Crippen molar-refractivity contribution in [1.82, 2.24) is 4.90 Å². The van der Waals surface area contributed by atoms with Crippen molar-refractivity contribution in [1.29, 1.82) is 0 Å². The predicted octanol–water partition coefficient (Wildman–Crippen LogP) is 4.43. The van der Waals surface area contributed by atoms with Crippen molar-refractivity contribution in [2.75, 3.05) is 0 Å². The summed E-state index contributed by atoms with van der Waals surface area (Å²) in [6, 6.07) is 20.4. The molecule has 7 rings (SSSR count). The number of fused-ring (bicyclic) bond motifs is 4. The van der Waals surface area contributed by atoms with Crippen LogP contribution in [0.1, 0.15) is 35.4 Å². The van der Waals surface area contributed by atoms with Crippen molar-refractivity contribution in [2.24, 2.45) is 29.4 Å². The minimum Gasteiger partial charge on any atom is -0.505 e. The summed E-state index contributed by atoms with van der Waals surface area (Å²) in [5.41, 5.74) is 6.21. The maximum atomic E-state index is 15.0. The molecule has 3 aromatic carbocycles. The molecule has 0 radical (unpaired) electrons. The molecule has 0 spiro atoms. The van der Waals surface area contributed by atoms with Crippen molar-refractivity contribution in [2.45, 2.75) is 24.2 Å². The molecule has 6 atom stereocenters. The topological polar surface area (TPSA) is 135 Å². The van der Waals surface area contributed by atoms with Gasteiger partial charge < -0.3 is 10.8 Å². The SMILES string of the molecule is NC(=O)N1C(=O)C2CC=C3C(CC4C(=O)C(c5ccccc5)=CC(=O)C4(c4ccccc4)C3c3ccc(O)c(F)c3)C2C1=O. The zero-order valence-electron chi connectivity index (χ0n) is 23.4. The first-order valence-electron chi connectivity index (χ1n) is 14.4. The van der Waals surface area contributed by atoms with Gasteiger partial charge in [0, 0.05) is 17.4 Å². The monoisotopic (exact) mass is 590 g/mol. The average Bonchev–Trinajstić information content (AvgIpc) is 3.29. The largest absolute Gasteiger partial charge is 0.505 e. The Bertz CT molecular complexity index is 1830. The molecule has 8 nitrogen and oxygen atoms in total. The van der Waals surface area contributed by atoms with Gasteiger partial charge >= 0.3 is 6.03 Å². The van der Waals surface area contributed by atoms with Crippen LogP contribution in [0.15, 0.2) is 96.6 Å². The highest BCUT2D eigenvalue weighted by molar-refractivity contribution is 6.31. The van der Waals surface area contributed by atoms with Crippen molar-refractivity contribution >= 4 is 35.0 Å². The van der Waals surface area contributed by atoms with Crippen molar-refractivity contribution < 1.29 is 33.5 Å². The van der Waals surface area contributed by atoms with Gasteiger partial charge in [-0.2, -0.15) is 4.90 Å². The third kappa shape index (κ3) is 3.71. The van der Waals surface area contributed by atoms with E-state index in [2.05, 4.69) is 0 Å². The number of amides is 4. The second kappa shape index (κ2) is 9.94. The van der Waals surface area contributed by atoms with E-state index in [0.717, 1.165) is 6.07 Å². The number of aromatic hydroxyl groups is 1. The molecule has 1 saturated heterocycles. The minimum absolute atomic E-state index is 0.0410. The summed E-state index contributed by atoms with van der Waals surface area (Å²) >= 11 is 0. The molecular weight excluding hydrogens is 563 g/mol. The fourth-order valence-electron chi connectivity index (χ4n) is 8.17. The van der Waals surface area contributed by atoms with Crippen LogP contribution in [0.5, 0.6) is 5.75 Å². The Morgan fingerprint density at radius 2 is 1.59 bits per heavy atom. The Morgan fingerprint density at radius 1 is 0.909 bits per heavy atom. The van der Waals surface area contributed by atoms with Crippen LogP contribution in [0.4, 0.5) is 9.18 Å². The third-order valence-electron chi connectivity index (χ3n) is 9.90. The quantitative estimate of drug-likeness (QED) is 0.342. The number of phenols is 1. The van der Waals surface area contributed by atoms with Gasteiger partial charge in [0.25, 0.3) is 0 Å². The lowest BCUT2D eigenvalue weighted by molar-refractivity contribution is -0.137. The van der Waals surface area contributed by atoms with E-state index in [4.69, 9.17) is 5.73 Å². The van der Waals surface area contributed by atoms with E-state index in [1.807, 2.05) is 0 Å². The molecule has 0 bridgehead atoms. The maximum absolute atomic E-state index is 15.0. The summed E-state index contributed by atoms with van der Waals surface area (Å²) in [7, 11) is 0. The number of hydrogen-bond acceptors (Lipinski definition) is 6. The van der Waals surface area contributed by atoms with E-state index >= 15 is 4.39 Å². The highest BCUT2D eigenvalue weighted by atomic mass is 19.1. The Kier molecular flexibility index (Phi) is 6.24. The number of carbonyl (C=O) groups excluding carboxylic acids is 5. The van der Waals surface area contributed by atoms with Gasteiger partial charge in [-0.1, -0.05) is 78.4 Å². The molecule has 2 fully saturated rings. The lowest BCUT2D eigenvalue weighted by Crippen LogP contribution is -2.58. The number of nitrogens with zero attached hydrogens (tertiary/aromatic N) is 1. The second-order valence-corrected chi connectivity index (χ2v) is 11.8. The van der Waals surface area contributed by atoms with E-state index in [1.165, 1.54) is 18.2 Å². The van der Waals surface area contributed by atoms with Gasteiger partial charge in [-0.25, -0.2) is 9.18 Å². The van der Waals surface area contributed by atoms with Gasteiger partial charge in [0.15, 0.2) is 23.1 Å². The highest BCUT2D eigenvalue weighted by Gasteiger charge is 2.66. The summed E-state index contributed by atoms with van der Waals surface area (Å²) in [6.45, 7) is 0. The first kappa shape index (κ1) is 27.6. The number of allylic oxidation sites excluding steroid dienone is 4. The van der Waals surface area contributed by atoms with Gasteiger partial charge in [-0.3, -0.25) is 19.2 Å². The summed E-state index contributed by atoms with van der Waals surface area (Å²) in [5.74, 6) is -8.06. The zero-order valence-corrected chi connectivity index (χ0v) is 23.4. The van der Waals surface area contributed by atoms with Crippen molar-refractivity contribution in [3.63, 3.8) is 0 Å². The van der Waals surface area contributed by atoms with Gasteiger partial charge in [0.1, 0.15) is 0 Å². The van der Waals surface area contributed by atoms with Crippen LogP contribution in [0.25, 0.3) is 5.57 Å². The van der Waals surface area contributed by atoms with Crippen molar-refractivity contribution in [3.05, 3.63) is 119 Å². The lowest BCUT2D eigenvalue weighted by atomic mass is 9.44. The summed E-state index contributed by atoms with van der Waals surface area (Å²) in [6.07, 6.45) is 3.31. The Labute approximate surface area is 251 Å². The lowest BCUT2D eigenvalue weighted by Gasteiger charge is -2.55. The Balaban J connectivity index is 1.52. The number of hydrogen-bond donors (Lipinski definition) is 2. The number of halogens is 1. The molecule has 3 aliphatic carbocycles. The van der Waals surface area contributed by atoms with E-state index in [-0.39, 0.29) is 30.0 Å². The molecule has 220 valence electrons. The molecule has 0 aromatic heterocycles. The van der Waals surface area contributed by atoms with Crippen LogP contribution in [0.2, 0.25) is 0 Å². The summed E-state index contributed by atoms with van der Waals surface area (Å²) in [4.78, 5) is 68.9. The first-order valence-corrected chi connectivity index (χ1v) is 14.4. The average molecular weight is 591 g/mol. The first-order chi connectivity index (χ1) is 21.2. The minimum atomic E-state index is -1.52. The molecule has 3 N–H and O–H groups in total.